The normalized spacial score (nSPS) is 18.6. The van der Waals surface area contributed by atoms with E-state index in [1.807, 2.05) is 0 Å². The zero-order chi connectivity index (χ0) is 26.7. The number of carbonyl (C=O) groups is 2. The number of likely N-dealkylation sites (tertiary alicyclic amines) is 1. The molecule has 12 heteroatoms. The number of nitrogens with zero attached hydrogens (tertiary/aromatic N) is 1. The predicted octanol–water partition coefficient (Wildman–Crippen LogP) is 5.91. The first-order chi connectivity index (χ1) is 16.8. The van der Waals surface area contributed by atoms with E-state index in [4.69, 9.17) is 11.6 Å². The van der Waals surface area contributed by atoms with Gasteiger partial charge in [-0.1, -0.05) is 23.7 Å². The highest BCUT2D eigenvalue weighted by atomic mass is 35.5. The second-order valence-electron chi connectivity index (χ2n) is 8.50. The molecule has 2 aromatic carbocycles. The van der Waals surface area contributed by atoms with E-state index in [1.165, 1.54) is 4.90 Å². The third-order valence-electron chi connectivity index (χ3n) is 5.87. The predicted molar refractivity (Wildman–Crippen MR) is 122 cm³/mol. The van der Waals surface area contributed by atoms with Crippen LogP contribution in [0.4, 0.5) is 31.1 Å². The van der Waals surface area contributed by atoms with E-state index in [0.29, 0.717) is 23.7 Å². The molecule has 1 saturated heterocycles. The summed E-state index contributed by atoms with van der Waals surface area (Å²) in [4.78, 5) is 26.6. The van der Waals surface area contributed by atoms with Gasteiger partial charge in [0.25, 0.3) is 5.91 Å². The molecule has 0 aromatic heterocycles. The first kappa shape index (κ1) is 27.6. The number of halogens is 7. The molecular formula is C24H24ClF6N3O2. The number of rotatable bonds is 5. The Morgan fingerprint density at radius 3 is 2.11 bits per heavy atom. The fourth-order valence-corrected chi connectivity index (χ4v) is 4.30. The second-order valence-corrected chi connectivity index (χ2v) is 8.94. The molecule has 36 heavy (non-hydrogen) atoms. The van der Waals surface area contributed by atoms with Crippen LogP contribution >= 0.6 is 11.6 Å². The molecule has 2 N–H and O–H groups in total. The average molecular weight is 536 g/mol. The first-order valence-corrected chi connectivity index (χ1v) is 11.5. The van der Waals surface area contributed by atoms with E-state index < -0.39 is 47.0 Å². The molecule has 0 bridgehead atoms. The molecule has 3 amide bonds. The van der Waals surface area contributed by atoms with Crippen molar-refractivity contribution in [1.29, 1.82) is 0 Å². The van der Waals surface area contributed by atoms with E-state index in [0.717, 1.165) is 5.56 Å². The van der Waals surface area contributed by atoms with Gasteiger partial charge in [0.2, 0.25) is 0 Å². The van der Waals surface area contributed by atoms with E-state index >= 15 is 0 Å². The van der Waals surface area contributed by atoms with Crippen LogP contribution in [0, 0.1) is 0 Å². The van der Waals surface area contributed by atoms with Crippen LogP contribution in [0.1, 0.15) is 46.8 Å². The van der Waals surface area contributed by atoms with Gasteiger partial charge in [0, 0.05) is 35.8 Å². The topological polar surface area (TPSA) is 61.4 Å². The maximum absolute atomic E-state index is 13.3. The summed E-state index contributed by atoms with van der Waals surface area (Å²) in [7, 11) is 0. The summed E-state index contributed by atoms with van der Waals surface area (Å²) in [6.45, 7) is 2.18. The number of urea groups is 1. The lowest BCUT2D eigenvalue weighted by molar-refractivity contribution is -0.143. The Balaban J connectivity index is 1.94. The highest BCUT2D eigenvalue weighted by Gasteiger charge is 2.39. The summed E-state index contributed by atoms with van der Waals surface area (Å²) in [6, 6.07) is 6.25. The van der Waals surface area contributed by atoms with Gasteiger partial charge in [-0.15, -0.1) is 0 Å². The fourth-order valence-electron chi connectivity index (χ4n) is 4.18. The van der Waals surface area contributed by atoms with E-state index in [2.05, 4.69) is 10.6 Å². The van der Waals surface area contributed by atoms with Crippen LogP contribution in [0.5, 0.6) is 0 Å². The molecule has 1 aliphatic rings. The van der Waals surface area contributed by atoms with Crippen LogP contribution in [0.15, 0.2) is 42.5 Å². The zero-order valence-corrected chi connectivity index (χ0v) is 19.9. The van der Waals surface area contributed by atoms with Gasteiger partial charge < -0.3 is 15.5 Å². The molecule has 1 fully saturated rings. The second kappa shape index (κ2) is 11.0. The van der Waals surface area contributed by atoms with Crippen LogP contribution in [0.3, 0.4) is 0 Å². The zero-order valence-electron chi connectivity index (χ0n) is 19.1. The Hall–Kier alpha value is -2.95. The van der Waals surface area contributed by atoms with Crippen molar-refractivity contribution >= 4 is 23.5 Å². The summed E-state index contributed by atoms with van der Waals surface area (Å²) in [5.41, 5.74) is -3.04. The maximum Gasteiger partial charge on any atom is 0.416 e. The molecule has 196 valence electrons. The number of alkyl halides is 6. The van der Waals surface area contributed by atoms with E-state index in [9.17, 15) is 35.9 Å². The quantitative estimate of drug-likeness (QED) is 0.467. The van der Waals surface area contributed by atoms with Crippen molar-refractivity contribution in [2.24, 2.45) is 0 Å². The largest absolute Gasteiger partial charge is 0.416 e. The van der Waals surface area contributed by atoms with Crippen LogP contribution in [-0.4, -0.2) is 42.0 Å². The molecule has 2 atom stereocenters. The molecular weight excluding hydrogens is 512 g/mol. The Labute approximate surface area is 208 Å². The minimum atomic E-state index is -5.07. The Morgan fingerprint density at radius 1 is 1.00 bits per heavy atom. The van der Waals surface area contributed by atoms with E-state index in [-0.39, 0.29) is 37.9 Å². The third-order valence-corrected chi connectivity index (χ3v) is 6.12. The smallest absolute Gasteiger partial charge is 0.338 e. The van der Waals surface area contributed by atoms with Crippen molar-refractivity contribution in [3.05, 3.63) is 69.7 Å². The number of amides is 3. The lowest BCUT2D eigenvalue weighted by Crippen LogP contribution is -2.54. The average Bonchev–Trinajstić information content (AvgIpc) is 2.79. The van der Waals surface area contributed by atoms with Crippen molar-refractivity contribution in [2.45, 2.75) is 50.6 Å². The summed E-state index contributed by atoms with van der Waals surface area (Å²) < 4.78 is 79.9. The summed E-state index contributed by atoms with van der Waals surface area (Å²) in [5, 5.41) is 5.88. The molecule has 0 radical (unpaired) electrons. The van der Waals surface area contributed by atoms with Gasteiger partial charge in [0.05, 0.1) is 11.1 Å². The Bertz CT molecular complexity index is 1060. The van der Waals surface area contributed by atoms with Gasteiger partial charge in [0.15, 0.2) is 0 Å². The number of nitrogens with one attached hydrogen (secondary N) is 2. The molecule has 0 saturated carbocycles. The molecule has 0 unspecified atom stereocenters. The lowest BCUT2D eigenvalue weighted by Gasteiger charge is -2.40. The molecule has 5 nitrogen and oxygen atoms in total. The van der Waals surface area contributed by atoms with Crippen molar-refractivity contribution in [3.63, 3.8) is 0 Å². The third kappa shape index (κ3) is 7.05. The van der Waals surface area contributed by atoms with Gasteiger partial charge in [0.1, 0.15) is 0 Å². The molecule has 0 aliphatic carbocycles. The lowest BCUT2D eigenvalue weighted by atomic mass is 9.91. The van der Waals surface area contributed by atoms with Crippen LogP contribution < -0.4 is 10.6 Å². The maximum atomic E-state index is 13.3. The minimum Gasteiger partial charge on any atom is -0.338 e. The van der Waals surface area contributed by atoms with Crippen molar-refractivity contribution in [1.82, 2.24) is 15.5 Å². The number of carbonyl (C=O) groups excluding carboxylic acids is 2. The summed E-state index contributed by atoms with van der Waals surface area (Å²) in [5.74, 6) is -0.943. The summed E-state index contributed by atoms with van der Waals surface area (Å²) >= 11 is 5.92. The number of benzene rings is 2. The minimum absolute atomic E-state index is 0.00945. The van der Waals surface area contributed by atoms with Crippen molar-refractivity contribution in [2.75, 3.05) is 13.1 Å². The molecule has 1 aliphatic heterocycles. The van der Waals surface area contributed by atoms with Crippen LogP contribution in [0.2, 0.25) is 5.02 Å². The van der Waals surface area contributed by atoms with Gasteiger partial charge in [-0.05, 0) is 62.1 Å². The van der Waals surface area contributed by atoms with Crippen LogP contribution in [0.25, 0.3) is 0 Å². The van der Waals surface area contributed by atoms with Crippen molar-refractivity contribution < 1.29 is 35.9 Å². The van der Waals surface area contributed by atoms with Gasteiger partial charge in [-0.2, -0.15) is 26.3 Å². The number of hydrogen-bond donors (Lipinski definition) is 2. The monoisotopic (exact) mass is 535 g/mol. The SMILES string of the molecule is CCNC(=O)N[C@H]1CCN(C(=O)c2cc(C(F)(F)F)cc(C(F)(F)F)c2)[C@H](Cc2ccc(Cl)cc2)C1. The standard InChI is InChI=1S/C24H24ClF6N3O2/c1-2-32-22(36)33-19-7-8-34(20(13-19)9-14-3-5-18(25)6-4-14)21(35)15-10-16(23(26,27)28)12-17(11-15)24(29,30)31/h3-6,10-12,19-20H,2,7-9,13H2,1H3,(H2,32,33,36)/t19-,20+/m0/s1. The Kier molecular flexibility index (Phi) is 8.43. The summed E-state index contributed by atoms with van der Waals surface area (Å²) in [6.07, 6.45) is -9.33. The molecule has 2 aromatic rings. The van der Waals surface area contributed by atoms with E-state index in [1.54, 1.807) is 31.2 Å². The molecule has 3 rings (SSSR count). The number of hydrogen-bond acceptors (Lipinski definition) is 2. The Morgan fingerprint density at radius 2 is 1.58 bits per heavy atom. The first-order valence-electron chi connectivity index (χ1n) is 11.2. The van der Waals surface area contributed by atoms with Crippen LogP contribution in [-0.2, 0) is 18.8 Å². The highest BCUT2D eigenvalue weighted by Crippen LogP contribution is 2.37. The van der Waals surface area contributed by atoms with Gasteiger partial charge in [-0.3, -0.25) is 4.79 Å². The van der Waals surface area contributed by atoms with Gasteiger partial charge >= 0.3 is 18.4 Å². The molecule has 0 spiro atoms. The fraction of sp³-hybridized carbons (Fsp3) is 0.417. The van der Waals surface area contributed by atoms with Crippen molar-refractivity contribution in [3.8, 4) is 0 Å². The van der Waals surface area contributed by atoms with Gasteiger partial charge in [-0.25, -0.2) is 4.79 Å². The number of piperidine rings is 1. The molecule has 1 heterocycles. The highest BCUT2D eigenvalue weighted by molar-refractivity contribution is 6.30.